The molecule has 2 rings (SSSR count). The molecule has 104 valence electrons. The van der Waals surface area contributed by atoms with Crippen molar-refractivity contribution in [3.63, 3.8) is 0 Å². The molecule has 7 heteroatoms. The summed E-state index contributed by atoms with van der Waals surface area (Å²) in [7, 11) is 3.57. The molecule has 19 heavy (non-hydrogen) atoms. The first kappa shape index (κ1) is 14.8. The van der Waals surface area contributed by atoms with Gasteiger partial charge in [-0.3, -0.25) is 4.68 Å². The van der Waals surface area contributed by atoms with Crippen molar-refractivity contribution < 1.29 is 9.15 Å². The zero-order valence-corrected chi connectivity index (χ0v) is 13.9. The van der Waals surface area contributed by atoms with Gasteiger partial charge in [0.05, 0.1) is 29.5 Å². The minimum Gasteiger partial charge on any atom is -0.452 e. The van der Waals surface area contributed by atoms with Crippen LogP contribution < -0.4 is 5.32 Å². The summed E-state index contributed by atoms with van der Waals surface area (Å²) in [6, 6.07) is 3.74. The van der Waals surface area contributed by atoms with Gasteiger partial charge >= 0.3 is 0 Å². The molecule has 0 bridgehead atoms. The predicted octanol–water partition coefficient (Wildman–Crippen LogP) is 2.96. The minimum atomic E-state index is -0.0694. The van der Waals surface area contributed by atoms with Crippen LogP contribution in [-0.2, 0) is 11.3 Å². The maximum atomic E-state index is 5.64. The van der Waals surface area contributed by atoms with Crippen molar-refractivity contribution >= 4 is 31.9 Å². The summed E-state index contributed by atoms with van der Waals surface area (Å²) in [6.45, 7) is 1.30. The third kappa shape index (κ3) is 3.28. The van der Waals surface area contributed by atoms with Gasteiger partial charge in [0.1, 0.15) is 11.8 Å². The lowest BCUT2D eigenvalue weighted by molar-refractivity contribution is 0.181. The number of rotatable bonds is 6. The van der Waals surface area contributed by atoms with E-state index >= 15 is 0 Å². The van der Waals surface area contributed by atoms with Crippen molar-refractivity contribution in [3.8, 4) is 0 Å². The Morgan fingerprint density at radius 2 is 2.26 bits per heavy atom. The quantitative estimate of drug-likeness (QED) is 0.821. The topological polar surface area (TPSA) is 52.2 Å². The molecule has 0 saturated carbocycles. The highest BCUT2D eigenvalue weighted by molar-refractivity contribution is 9.10. The molecule has 0 saturated heterocycles. The van der Waals surface area contributed by atoms with Gasteiger partial charge in [0.25, 0.3) is 0 Å². The largest absolute Gasteiger partial charge is 0.452 e. The van der Waals surface area contributed by atoms with Crippen LogP contribution in [0.1, 0.15) is 17.5 Å². The fraction of sp³-hybridized carbons (Fsp3) is 0.417. The second kappa shape index (κ2) is 6.69. The Morgan fingerprint density at radius 3 is 2.84 bits per heavy atom. The van der Waals surface area contributed by atoms with Gasteiger partial charge in [0.2, 0.25) is 0 Å². The molecule has 0 fully saturated rings. The lowest BCUT2D eigenvalue weighted by atomic mass is 10.1. The number of hydrogen-bond donors (Lipinski definition) is 1. The smallest absolute Gasteiger partial charge is 0.169 e. The molecular formula is C12H15Br2N3O2. The van der Waals surface area contributed by atoms with Crippen molar-refractivity contribution in [2.24, 2.45) is 0 Å². The van der Waals surface area contributed by atoms with Crippen LogP contribution in [0.2, 0.25) is 0 Å². The lowest BCUT2D eigenvalue weighted by Crippen LogP contribution is -2.22. The number of halogens is 2. The number of aromatic nitrogens is 2. The summed E-state index contributed by atoms with van der Waals surface area (Å²) >= 11 is 6.86. The van der Waals surface area contributed by atoms with E-state index in [4.69, 9.17) is 9.15 Å². The summed E-state index contributed by atoms with van der Waals surface area (Å²) in [5.74, 6) is 0.828. The Morgan fingerprint density at radius 1 is 1.47 bits per heavy atom. The van der Waals surface area contributed by atoms with Gasteiger partial charge in [-0.05, 0) is 51.0 Å². The van der Waals surface area contributed by atoms with Crippen molar-refractivity contribution in [2.75, 3.05) is 20.8 Å². The average molecular weight is 393 g/mol. The highest BCUT2D eigenvalue weighted by Gasteiger charge is 2.23. The first-order valence-corrected chi connectivity index (χ1v) is 7.38. The Balaban J connectivity index is 2.34. The van der Waals surface area contributed by atoms with E-state index in [1.165, 1.54) is 0 Å². The average Bonchev–Trinajstić information content (AvgIpc) is 2.97. The number of methoxy groups -OCH3 is 1. The Hall–Kier alpha value is -0.630. The van der Waals surface area contributed by atoms with Crippen molar-refractivity contribution in [3.05, 3.63) is 38.9 Å². The van der Waals surface area contributed by atoms with Gasteiger partial charge in [-0.1, -0.05) is 0 Å². The van der Waals surface area contributed by atoms with Crippen LogP contribution in [0.4, 0.5) is 0 Å². The summed E-state index contributed by atoms with van der Waals surface area (Å²) in [5, 5.41) is 7.60. The summed E-state index contributed by atoms with van der Waals surface area (Å²) in [5.41, 5.74) is 1.02. The third-order valence-electron chi connectivity index (χ3n) is 2.78. The summed E-state index contributed by atoms with van der Waals surface area (Å²) in [6.07, 6.45) is 1.79. The molecule has 0 aliphatic rings. The van der Waals surface area contributed by atoms with Crippen LogP contribution in [0.15, 0.2) is 31.9 Å². The molecule has 0 aromatic carbocycles. The first-order valence-electron chi connectivity index (χ1n) is 5.80. The molecule has 0 aliphatic heterocycles. The van der Waals surface area contributed by atoms with E-state index in [0.717, 1.165) is 15.9 Å². The molecular weight excluding hydrogens is 378 g/mol. The van der Waals surface area contributed by atoms with Crippen LogP contribution in [0, 0.1) is 0 Å². The number of nitrogens with zero attached hydrogens (tertiary/aromatic N) is 2. The SMILES string of the molecule is CNC(c1ccc(Br)o1)c1c(Br)cnn1CCOC. The maximum absolute atomic E-state index is 5.64. The van der Waals surface area contributed by atoms with E-state index in [9.17, 15) is 0 Å². The van der Waals surface area contributed by atoms with Gasteiger partial charge in [-0.2, -0.15) is 5.10 Å². The Kier molecular flexibility index (Phi) is 5.20. The van der Waals surface area contributed by atoms with Gasteiger partial charge in [0.15, 0.2) is 4.67 Å². The summed E-state index contributed by atoms with van der Waals surface area (Å²) in [4.78, 5) is 0. The molecule has 0 spiro atoms. The number of furan rings is 1. The molecule has 2 aromatic heterocycles. The van der Waals surface area contributed by atoms with E-state index < -0.39 is 0 Å². The van der Waals surface area contributed by atoms with Crippen molar-refractivity contribution in [1.82, 2.24) is 15.1 Å². The second-order valence-corrected chi connectivity index (χ2v) is 5.59. The molecule has 1 N–H and O–H groups in total. The zero-order valence-electron chi connectivity index (χ0n) is 10.7. The standard InChI is InChI=1S/C12H15Br2N3O2/c1-15-11(9-3-4-10(14)19-9)12-8(13)7-16-17(12)5-6-18-2/h3-4,7,11,15H,5-6H2,1-2H3. The highest BCUT2D eigenvalue weighted by Crippen LogP contribution is 2.30. The van der Waals surface area contributed by atoms with Gasteiger partial charge in [0, 0.05) is 7.11 Å². The van der Waals surface area contributed by atoms with E-state index in [0.29, 0.717) is 17.8 Å². The lowest BCUT2D eigenvalue weighted by Gasteiger charge is -2.16. The first-order chi connectivity index (χ1) is 9.17. The number of hydrogen-bond acceptors (Lipinski definition) is 4. The van der Waals surface area contributed by atoms with E-state index in [-0.39, 0.29) is 6.04 Å². The van der Waals surface area contributed by atoms with Gasteiger partial charge in [-0.15, -0.1) is 0 Å². The highest BCUT2D eigenvalue weighted by atomic mass is 79.9. The van der Waals surface area contributed by atoms with Crippen molar-refractivity contribution in [2.45, 2.75) is 12.6 Å². The molecule has 1 unspecified atom stereocenters. The minimum absolute atomic E-state index is 0.0694. The molecule has 5 nitrogen and oxygen atoms in total. The number of ether oxygens (including phenoxy) is 1. The second-order valence-electron chi connectivity index (χ2n) is 3.96. The number of nitrogens with one attached hydrogen (secondary N) is 1. The zero-order chi connectivity index (χ0) is 13.8. The molecule has 0 amide bonds. The van der Waals surface area contributed by atoms with E-state index in [1.54, 1.807) is 13.3 Å². The fourth-order valence-electron chi connectivity index (χ4n) is 1.91. The molecule has 0 radical (unpaired) electrons. The van der Waals surface area contributed by atoms with Crippen LogP contribution in [0.25, 0.3) is 0 Å². The third-order valence-corrected chi connectivity index (χ3v) is 3.82. The van der Waals surface area contributed by atoms with Crippen LogP contribution in [-0.4, -0.2) is 30.5 Å². The molecule has 2 heterocycles. The summed E-state index contributed by atoms with van der Waals surface area (Å²) < 4.78 is 14.3. The normalized spacial score (nSPS) is 12.8. The van der Waals surface area contributed by atoms with E-state index in [2.05, 4.69) is 42.3 Å². The van der Waals surface area contributed by atoms with Crippen molar-refractivity contribution in [1.29, 1.82) is 0 Å². The van der Waals surface area contributed by atoms with Crippen LogP contribution >= 0.6 is 31.9 Å². The maximum Gasteiger partial charge on any atom is 0.169 e. The van der Waals surface area contributed by atoms with Crippen LogP contribution in [0.3, 0.4) is 0 Å². The van der Waals surface area contributed by atoms with Gasteiger partial charge in [-0.25, -0.2) is 0 Å². The molecule has 2 aromatic rings. The van der Waals surface area contributed by atoms with Crippen LogP contribution in [0.5, 0.6) is 0 Å². The predicted molar refractivity (Wildman–Crippen MR) is 79.1 cm³/mol. The molecule has 0 aliphatic carbocycles. The monoisotopic (exact) mass is 391 g/mol. The van der Waals surface area contributed by atoms with E-state index in [1.807, 2.05) is 23.9 Å². The Labute approximate surface area is 128 Å². The van der Waals surface area contributed by atoms with Gasteiger partial charge < -0.3 is 14.5 Å². The molecule has 1 atom stereocenters. The Bertz CT molecular complexity index is 539. The fourth-order valence-corrected chi connectivity index (χ4v) is 2.76.